The number of benzene rings is 2. The van der Waals surface area contributed by atoms with Gasteiger partial charge in [0.25, 0.3) is 5.89 Å². The van der Waals surface area contributed by atoms with Gasteiger partial charge in [-0.05, 0) is 65.3 Å². The van der Waals surface area contributed by atoms with Crippen molar-refractivity contribution in [2.75, 3.05) is 7.11 Å². The van der Waals surface area contributed by atoms with E-state index in [9.17, 15) is 0 Å². The van der Waals surface area contributed by atoms with E-state index < -0.39 is 0 Å². The topological polar surface area (TPSA) is 57.4 Å². The van der Waals surface area contributed by atoms with Crippen LogP contribution in [0.4, 0.5) is 0 Å². The van der Waals surface area contributed by atoms with Crippen LogP contribution in [0.3, 0.4) is 0 Å². The maximum absolute atomic E-state index is 5.89. The van der Waals surface area contributed by atoms with E-state index in [2.05, 4.69) is 42.1 Å². The van der Waals surface area contributed by atoms with Crippen LogP contribution in [0.5, 0.6) is 11.5 Å². The molecule has 0 radical (unpaired) electrons. The molecule has 0 aliphatic carbocycles. The van der Waals surface area contributed by atoms with Crippen LogP contribution >= 0.6 is 31.9 Å². The van der Waals surface area contributed by atoms with Gasteiger partial charge in [0.2, 0.25) is 5.89 Å². The second-order valence-corrected chi connectivity index (χ2v) is 6.78. The molecule has 0 bridgehead atoms. The van der Waals surface area contributed by atoms with Gasteiger partial charge in [-0.25, -0.2) is 0 Å². The summed E-state index contributed by atoms with van der Waals surface area (Å²) < 4.78 is 18.6. The molecule has 2 aromatic carbocycles. The highest BCUT2D eigenvalue weighted by atomic mass is 79.9. The predicted molar refractivity (Wildman–Crippen MR) is 97.2 cm³/mol. The predicted octanol–water partition coefficient (Wildman–Crippen LogP) is 5.41. The standard InChI is InChI=1S/C17H14Br2N2O3/c1-10(23-15-8-5-12(18)9-14(15)19)16-20-21-17(24-16)11-3-6-13(22-2)7-4-11/h3-10H,1-2H3. The van der Waals surface area contributed by atoms with Gasteiger partial charge in [-0.2, -0.15) is 0 Å². The Bertz CT molecular complexity index is 834. The van der Waals surface area contributed by atoms with E-state index in [1.54, 1.807) is 7.11 Å². The number of hydrogen-bond acceptors (Lipinski definition) is 5. The summed E-state index contributed by atoms with van der Waals surface area (Å²) >= 11 is 6.88. The van der Waals surface area contributed by atoms with Crippen molar-refractivity contribution in [2.45, 2.75) is 13.0 Å². The first kappa shape index (κ1) is 17.0. The monoisotopic (exact) mass is 452 g/mol. The molecule has 1 aromatic heterocycles. The van der Waals surface area contributed by atoms with Crippen LogP contribution in [0.25, 0.3) is 11.5 Å². The van der Waals surface area contributed by atoms with Crippen molar-refractivity contribution < 1.29 is 13.9 Å². The highest BCUT2D eigenvalue weighted by molar-refractivity contribution is 9.11. The van der Waals surface area contributed by atoms with Crippen LogP contribution in [0.15, 0.2) is 55.8 Å². The molecule has 1 atom stereocenters. The molecule has 24 heavy (non-hydrogen) atoms. The Morgan fingerprint density at radius 3 is 2.46 bits per heavy atom. The molecule has 1 heterocycles. The lowest BCUT2D eigenvalue weighted by Crippen LogP contribution is -2.04. The van der Waals surface area contributed by atoms with Crippen molar-refractivity contribution in [3.63, 3.8) is 0 Å². The lowest BCUT2D eigenvalue weighted by atomic mass is 10.2. The Balaban J connectivity index is 1.76. The second kappa shape index (κ2) is 7.36. The minimum absolute atomic E-state index is 0.373. The van der Waals surface area contributed by atoms with E-state index in [4.69, 9.17) is 13.9 Å². The van der Waals surface area contributed by atoms with Crippen molar-refractivity contribution in [3.8, 4) is 23.0 Å². The summed E-state index contributed by atoms with van der Waals surface area (Å²) in [5, 5.41) is 8.17. The maximum atomic E-state index is 5.89. The first-order valence-corrected chi connectivity index (χ1v) is 8.75. The van der Waals surface area contributed by atoms with E-state index in [1.165, 1.54) is 0 Å². The zero-order valence-corrected chi connectivity index (χ0v) is 16.2. The third-order valence-electron chi connectivity index (χ3n) is 3.32. The molecule has 0 aliphatic heterocycles. The van der Waals surface area contributed by atoms with E-state index in [0.29, 0.717) is 17.5 Å². The average molecular weight is 454 g/mol. The molecule has 0 spiro atoms. The number of hydrogen-bond donors (Lipinski definition) is 0. The third-order valence-corrected chi connectivity index (χ3v) is 4.44. The molecule has 1 unspecified atom stereocenters. The molecule has 0 saturated heterocycles. The number of halogens is 2. The van der Waals surface area contributed by atoms with Gasteiger partial charge < -0.3 is 13.9 Å². The van der Waals surface area contributed by atoms with Gasteiger partial charge in [-0.3, -0.25) is 0 Å². The van der Waals surface area contributed by atoms with Crippen molar-refractivity contribution >= 4 is 31.9 Å². The molecular formula is C17H14Br2N2O3. The molecule has 0 amide bonds. The Kier molecular flexibility index (Phi) is 5.20. The van der Waals surface area contributed by atoms with Gasteiger partial charge in [0, 0.05) is 10.0 Å². The van der Waals surface area contributed by atoms with E-state index >= 15 is 0 Å². The van der Waals surface area contributed by atoms with Gasteiger partial charge >= 0.3 is 0 Å². The van der Waals surface area contributed by atoms with Crippen molar-refractivity contribution in [3.05, 3.63) is 57.3 Å². The summed E-state index contributed by atoms with van der Waals surface area (Å²) in [6.07, 6.45) is -0.373. The molecule has 124 valence electrons. The number of nitrogens with zero attached hydrogens (tertiary/aromatic N) is 2. The largest absolute Gasteiger partial charge is 0.497 e. The average Bonchev–Trinajstić information content (AvgIpc) is 3.07. The van der Waals surface area contributed by atoms with Crippen molar-refractivity contribution in [1.82, 2.24) is 10.2 Å². The zero-order valence-electron chi connectivity index (χ0n) is 13.0. The van der Waals surface area contributed by atoms with Crippen LogP contribution in [0, 0.1) is 0 Å². The molecule has 3 rings (SSSR count). The molecule has 0 saturated carbocycles. The number of rotatable bonds is 5. The summed E-state index contributed by atoms with van der Waals surface area (Å²) in [6.45, 7) is 1.86. The normalized spacial score (nSPS) is 12.0. The van der Waals surface area contributed by atoms with Crippen LogP contribution < -0.4 is 9.47 Å². The second-order valence-electron chi connectivity index (χ2n) is 5.01. The first-order valence-electron chi connectivity index (χ1n) is 7.16. The Morgan fingerprint density at radius 1 is 1.04 bits per heavy atom. The van der Waals surface area contributed by atoms with Crippen molar-refractivity contribution in [2.24, 2.45) is 0 Å². The fourth-order valence-electron chi connectivity index (χ4n) is 2.06. The number of aromatic nitrogens is 2. The Morgan fingerprint density at radius 2 is 1.79 bits per heavy atom. The molecule has 7 heteroatoms. The smallest absolute Gasteiger partial charge is 0.257 e. The number of methoxy groups -OCH3 is 1. The van der Waals surface area contributed by atoms with Gasteiger partial charge in [0.15, 0.2) is 6.10 Å². The molecule has 0 aliphatic rings. The quantitative estimate of drug-likeness (QED) is 0.516. The van der Waals surface area contributed by atoms with Gasteiger partial charge in [-0.15, -0.1) is 10.2 Å². The lowest BCUT2D eigenvalue weighted by molar-refractivity contribution is 0.188. The summed E-state index contributed by atoms with van der Waals surface area (Å²) in [6, 6.07) is 13.1. The minimum atomic E-state index is -0.373. The highest BCUT2D eigenvalue weighted by Crippen LogP contribution is 2.32. The summed E-state index contributed by atoms with van der Waals surface area (Å²) in [5.74, 6) is 2.33. The van der Waals surface area contributed by atoms with Gasteiger partial charge in [-0.1, -0.05) is 15.9 Å². The molecule has 5 nitrogen and oxygen atoms in total. The summed E-state index contributed by atoms with van der Waals surface area (Å²) in [7, 11) is 1.62. The summed E-state index contributed by atoms with van der Waals surface area (Å²) in [4.78, 5) is 0. The number of ether oxygens (including phenoxy) is 2. The maximum Gasteiger partial charge on any atom is 0.257 e. The van der Waals surface area contributed by atoms with Crippen LogP contribution in [-0.4, -0.2) is 17.3 Å². The van der Waals surface area contributed by atoms with Crippen molar-refractivity contribution in [1.29, 1.82) is 0 Å². The van der Waals surface area contributed by atoms with E-state index in [-0.39, 0.29) is 6.10 Å². The minimum Gasteiger partial charge on any atom is -0.497 e. The third kappa shape index (κ3) is 3.79. The molecule has 0 N–H and O–H groups in total. The Hall–Kier alpha value is -1.86. The first-order chi connectivity index (χ1) is 11.6. The fraction of sp³-hybridized carbons (Fsp3) is 0.176. The van der Waals surface area contributed by atoms with Crippen LogP contribution in [0.2, 0.25) is 0 Å². The SMILES string of the molecule is COc1ccc(-c2nnc(C(C)Oc3ccc(Br)cc3Br)o2)cc1. The molecular weight excluding hydrogens is 440 g/mol. The molecule has 0 fully saturated rings. The van der Waals surface area contributed by atoms with Crippen LogP contribution in [0.1, 0.15) is 18.9 Å². The Labute approximate surface area is 156 Å². The molecule has 3 aromatic rings. The van der Waals surface area contributed by atoms with E-state index in [1.807, 2.05) is 49.4 Å². The zero-order chi connectivity index (χ0) is 17.1. The fourth-order valence-corrected chi connectivity index (χ4v) is 3.20. The van der Waals surface area contributed by atoms with E-state index in [0.717, 1.165) is 20.3 Å². The highest BCUT2D eigenvalue weighted by Gasteiger charge is 2.17. The summed E-state index contributed by atoms with van der Waals surface area (Å²) in [5.41, 5.74) is 0.826. The lowest BCUT2D eigenvalue weighted by Gasteiger charge is -2.12. The van der Waals surface area contributed by atoms with Crippen LogP contribution in [-0.2, 0) is 0 Å². The van der Waals surface area contributed by atoms with Gasteiger partial charge in [0.05, 0.1) is 11.6 Å². The van der Waals surface area contributed by atoms with Gasteiger partial charge in [0.1, 0.15) is 11.5 Å².